The van der Waals surface area contributed by atoms with Crippen LogP contribution in [0.25, 0.3) is 10.8 Å². The molecule has 2 aromatic carbocycles. The molecule has 0 aliphatic carbocycles. The summed E-state index contributed by atoms with van der Waals surface area (Å²) in [6.07, 6.45) is 1.44. The minimum absolute atomic E-state index is 0.00435. The molecule has 1 fully saturated rings. The fourth-order valence-corrected chi connectivity index (χ4v) is 3.51. The molecular formula is C19H22N6O3. The Morgan fingerprint density at radius 3 is 2.68 bits per heavy atom. The number of benzene rings is 2. The van der Waals surface area contributed by atoms with Crippen LogP contribution in [-0.2, 0) is 17.9 Å². The van der Waals surface area contributed by atoms with Gasteiger partial charge in [-0.05, 0) is 39.4 Å². The van der Waals surface area contributed by atoms with E-state index in [1.807, 2.05) is 29.2 Å². The molecule has 146 valence electrons. The van der Waals surface area contributed by atoms with Crippen LogP contribution in [0.2, 0.25) is 0 Å². The second-order valence-corrected chi connectivity index (χ2v) is 6.81. The third-order valence-corrected chi connectivity index (χ3v) is 5.11. The van der Waals surface area contributed by atoms with Crippen molar-refractivity contribution in [3.8, 4) is 11.5 Å². The molecule has 1 saturated heterocycles. The van der Waals surface area contributed by atoms with Gasteiger partial charge in [0, 0.05) is 38.3 Å². The Labute approximate surface area is 162 Å². The van der Waals surface area contributed by atoms with E-state index in [0.717, 1.165) is 35.2 Å². The number of tetrazole rings is 1. The van der Waals surface area contributed by atoms with Gasteiger partial charge in [0.25, 0.3) is 0 Å². The van der Waals surface area contributed by atoms with Crippen LogP contribution < -0.4 is 4.74 Å². The first-order chi connectivity index (χ1) is 13.6. The molecule has 0 spiro atoms. The van der Waals surface area contributed by atoms with Crippen molar-refractivity contribution in [2.45, 2.75) is 13.1 Å². The molecule has 1 amide bonds. The van der Waals surface area contributed by atoms with Gasteiger partial charge in [0.1, 0.15) is 24.4 Å². The third kappa shape index (κ3) is 3.74. The third-order valence-electron chi connectivity index (χ3n) is 5.11. The summed E-state index contributed by atoms with van der Waals surface area (Å²) in [5.74, 6) is 1.04. The van der Waals surface area contributed by atoms with E-state index in [2.05, 4.69) is 20.4 Å². The zero-order valence-corrected chi connectivity index (χ0v) is 15.7. The minimum Gasteiger partial charge on any atom is -0.508 e. The first-order valence-electron chi connectivity index (χ1n) is 9.13. The maximum atomic E-state index is 12.4. The van der Waals surface area contributed by atoms with Crippen LogP contribution >= 0.6 is 0 Å². The van der Waals surface area contributed by atoms with E-state index >= 15 is 0 Å². The summed E-state index contributed by atoms with van der Waals surface area (Å²) in [6, 6.07) is 9.50. The highest BCUT2D eigenvalue weighted by atomic mass is 16.5. The fraction of sp³-hybridized carbons (Fsp3) is 0.368. The molecule has 1 aliphatic rings. The molecule has 0 radical (unpaired) electrons. The number of piperazine rings is 1. The maximum Gasteiger partial charge on any atom is 0.244 e. The summed E-state index contributed by atoms with van der Waals surface area (Å²) in [5.41, 5.74) is 0.880. The SMILES string of the molecule is COc1ccc2ccc(O)c(CN3CCN(C(=O)Cn4cnnn4)CC3)c2c1. The van der Waals surface area contributed by atoms with E-state index in [1.54, 1.807) is 13.2 Å². The smallest absolute Gasteiger partial charge is 0.244 e. The van der Waals surface area contributed by atoms with Crippen molar-refractivity contribution in [1.82, 2.24) is 30.0 Å². The molecule has 2 heterocycles. The molecule has 4 rings (SSSR count). The number of aromatic hydroxyl groups is 1. The maximum absolute atomic E-state index is 12.4. The summed E-state index contributed by atoms with van der Waals surface area (Å²) in [4.78, 5) is 16.4. The number of carbonyl (C=O) groups excluding carboxylic acids is 1. The average Bonchev–Trinajstić information content (AvgIpc) is 3.23. The van der Waals surface area contributed by atoms with E-state index in [9.17, 15) is 9.90 Å². The molecule has 9 heteroatoms. The molecule has 1 N–H and O–H groups in total. The van der Waals surface area contributed by atoms with E-state index in [0.29, 0.717) is 19.6 Å². The largest absolute Gasteiger partial charge is 0.508 e. The van der Waals surface area contributed by atoms with Crippen LogP contribution in [0.1, 0.15) is 5.56 Å². The predicted octanol–water partition coefficient (Wildman–Crippen LogP) is 0.885. The monoisotopic (exact) mass is 382 g/mol. The zero-order chi connectivity index (χ0) is 19.5. The Hall–Kier alpha value is -3.20. The van der Waals surface area contributed by atoms with Crippen LogP contribution in [0.15, 0.2) is 36.7 Å². The van der Waals surface area contributed by atoms with Gasteiger partial charge in [0.05, 0.1) is 7.11 Å². The molecule has 0 bridgehead atoms. The molecule has 1 aromatic heterocycles. The summed E-state index contributed by atoms with van der Waals surface area (Å²) >= 11 is 0. The predicted molar refractivity (Wildman–Crippen MR) is 102 cm³/mol. The van der Waals surface area contributed by atoms with Gasteiger partial charge >= 0.3 is 0 Å². The Balaban J connectivity index is 1.43. The number of rotatable bonds is 5. The number of methoxy groups -OCH3 is 1. The number of phenols is 1. The van der Waals surface area contributed by atoms with E-state index < -0.39 is 0 Å². The minimum atomic E-state index is 0.00435. The van der Waals surface area contributed by atoms with Gasteiger partial charge in [-0.3, -0.25) is 9.69 Å². The van der Waals surface area contributed by atoms with Crippen molar-refractivity contribution >= 4 is 16.7 Å². The lowest BCUT2D eigenvalue weighted by Crippen LogP contribution is -2.49. The van der Waals surface area contributed by atoms with Crippen molar-refractivity contribution < 1.29 is 14.6 Å². The molecule has 0 saturated carbocycles. The molecule has 1 aliphatic heterocycles. The molecule has 0 unspecified atom stereocenters. The number of nitrogens with zero attached hydrogens (tertiary/aromatic N) is 6. The van der Waals surface area contributed by atoms with Crippen LogP contribution in [0.5, 0.6) is 11.5 Å². The van der Waals surface area contributed by atoms with Gasteiger partial charge in [-0.15, -0.1) is 5.10 Å². The average molecular weight is 382 g/mol. The normalized spacial score (nSPS) is 15.1. The number of hydrogen-bond donors (Lipinski definition) is 1. The van der Waals surface area contributed by atoms with E-state index in [1.165, 1.54) is 11.0 Å². The lowest BCUT2D eigenvalue weighted by molar-refractivity contribution is -0.133. The summed E-state index contributed by atoms with van der Waals surface area (Å²) in [5, 5.41) is 23.3. The standard InChI is InChI=1S/C19H22N6O3/c1-28-15-4-2-14-3-5-18(26)17(16(14)10-15)11-23-6-8-24(9-7-23)19(27)12-25-13-20-21-22-25/h2-5,10,13,26H,6-9,11-12H2,1H3. The number of phenolic OH excluding ortho intramolecular Hbond substituents is 1. The number of aromatic nitrogens is 4. The molecule has 3 aromatic rings. The lowest BCUT2D eigenvalue weighted by atomic mass is 10.0. The van der Waals surface area contributed by atoms with Crippen molar-refractivity contribution in [3.05, 3.63) is 42.2 Å². The molecule has 9 nitrogen and oxygen atoms in total. The fourth-order valence-electron chi connectivity index (χ4n) is 3.51. The summed E-state index contributed by atoms with van der Waals surface area (Å²) in [7, 11) is 1.63. The molecular weight excluding hydrogens is 360 g/mol. The quantitative estimate of drug-likeness (QED) is 0.700. The first kappa shape index (κ1) is 18.2. The number of carbonyl (C=O) groups is 1. The second-order valence-electron chi connectivity index (χ2n) is 6.81. The number of amides is 1. The number of fused-ring (bicyclic) bond motifs is 1. The highest BCUT2D eigenvalue weighted by Crippen LogP contribution is 2.31. The summed E-state index contributed by atoms with van der Waals surface area (Å²) < 4.78 is 6.76. The van der Waals surface area contributed by atoms with E-state index in [4.69, 9.17) is 4.74 Å². The zero-order valence-electron chi connectivity index (χ0n) is 15.7. The highest BCUT2D eigenvalue weighted by molar-refractivity contribution is 5.89. The van der Waals surface area contributed by atoms with Crippen LogP contribution in [0.4, 0.5) is 0 Å². The lowest BCUT2D eigenvalue weighted by Gasteiger charge is -2.35. The van der Waals surface area contributed by atoms with Gasteiger partial charge in [-0.1, -0.05) is 12.1 Å². The van der Waals surface area contributed by atoms with Gasteiger partial charge in [-0.25, -0.2) is 4.68 Å². The topological polar surface area (TPSA) is 96.6 Å². The van der Waals surface area contributed by atoms with Gasteiger partial charge in [-0.2, -0.15) is 0 Å². The Kier molecular flexibility index (Phi) is 5.07. The number of hydrogen-bond acceptors (Lipinski definition) is 7. The Morgan fingerprint density at radius 1 is 1.18 bits per heavy atom. The summed E-state index contributed by atoms with van der Waals surface area (Å²) in [6.45, 7) is 3.51. The van der Waals surface area contributed by atoms with Crippen molar-refractivity contribution in [2.24, 2.45) is 0 Å². The van der Waals surface area contributed by atoms with Crippen molar-refractivity contribution in [3.63, 3.8) is 0 Å². The van der Waals surface area contributed by atoms with Crippen molar-refractivity contribution in [1.29, 1.82) is 0 Å². The van der Waals surface area contributed by atoms with Crippen LogP contribution in [0.3, 0.4) is 0 Å². The van der Waals surface area contributed by atoms with Crippen molar-refractivity contribution in [2.75, 3.05) is 33.3 Å². The first-order valence-corrected chi connectivity index (χ1v) is 9.13. The van der Waals surface area contributed by atoms with Crippen LogP contribution in [-0.4, -0.2) is 74.3 Å². The molecule has 0 atom stereocenters. The Morgan fingerprint density at radius 2 is 1.96 bits per heavy atom. The number of ether oxygens (including phenoxy) is 1. The highest BCUT2D eigenvalue weighted by Gasteiger charge is 2.23. The van der Waals surface area contributed by atoms with Gasteiger partial charge in [0.15, 0.2) is 0 Å². The van der Waals surface area contributed by atoms with Gasteiger partial charge < -0.3 is 14.7 Å². The Bertz CT molecular complexity index is 967. The van der Waals surface area contributed by atoms with Gasteiger partial charge in [0.2, 0.25) is 5.91 Å². The molecule has 28 heavy (non-hydrogen) atoms. The second kappa shape index (κ2) is 7.81. The van der Waals surface area contributed by atoms with E-state index in [-0.39, 0.29) is 18.2 Å². The van der Waals surface area contributed by atoms with Crippen LogP contribution in [0, 0.1) is 0 Å².